The van der Waals surface area contributed by atoms with E-state index in [1.54, 1.807) is 0 Å². The van der Waals surface area contributed by atoms with Gasteiger partial charge in [0.25, 0.3) is 6.71 Å². The molecule has 0 saturated carbocycles. The summed E-state index contributed by atoms with van der Waals surface area (Å²) >= 11 is 0. The zero-order valence-electron chi connectivity index (χ0n) is 47.8. The molecule has 0 spiro atoms. The molecule has 22 rings (SSSR count). The minimum absolute atomic E-state index is 0.276. The maximum absolute atomic E-state index is 7.14. The van der Waals surface area contributed by atoms with Gasteiger partial charge < -0.3 is 23.0 Å². The van der Waals surface area contributed by atoms with E-state index in [9.17, 15) is 0 Å². The van der Waals surface area contributed by atoms with Crippen LogP contribution in [-0.4, -0.2) is 25.0 Å². The van der Waals surface area contributed by atoms with Crippen LogP contribution in [0.5, 0.6) is 11.5 Å². The maximum Gasteiger partial charge on any atom is 0.252 e. The Morgan fingerprint density at radius 2 is 0.584 bits per heavy atom. The van der Waals surface area contributed by atoms with Gasteiger partial charge in [-0.3, -0.25) is 4.90 Å². The Hall–Kier alpha value is -11.8. The van der Waals surface area contributed by atoms with Crippen LogP contribution >= 0.6 is 0 Å². The summed E-state index contributed by atoms with van der Waals surface area (Å²) in [4.78, 5) is 2.58. The Balaban J connectivity index is 1.12. The first kappa shape index (κ1) is 46.5. The number of hydrogen-bond donors (Lipinski definition) is 0. The molecule has 15 aromatic carbocycles. The van der Waals surface area contributed by atoms with Crippen LogP contribution < -0.4 is 26.0 Å². The smallest absolute Gasteiger partial charge is 0.252 e. The lowest BCUT2D eigenvalue weighted by Gasteiger charge is -2.42. The van der Waals surface area contributed by atoms with E-state index in [0.717, 1.165) is 84.4 Å². The van der Waals surface area contributed by atoms with E-state index in [1.807, 2.05) is 0 Å². The molecule has 7 heteroatoms. The first-order valence-corrected chi connectivity index (χ1v) is 30.9. The molecule has 0 amide bonds. The summed E-state index contributed by atoms with van der Waals surface area (Å²) in [5.41, 5.74) is 20.5. The average Bonchev–Trinajstić information content (AvgIpc) is 1.58. The number of hydrogen-bond acceptors (Lipinski definition) is 2. The third-order valence-corrected chi connectivity index (χ3v) is 20.4. The zero-order valence-corrected chi connectivity index (χ0v) is 47.8. The van der Waals surface area contributed by atoms with Crippen molar-refractivity contribution in [2.45, 2.75) is 0 Å². The van der Waals surface area contributed by atoms with Crippen LogP contribution in [0.2, 0.25) is 0 Å². The molecule has 0 radical (unpaired) electrons. The van der Waals surface area contributed by atoms with Crippen LogP contribution in [0.15, 0.2) is 279 Å². The van der Waals surface area contributed by atoms with E-state index in [4.69, 9.17) is 4.74 Å². The van der Waals surface area contributed by atoms with Gasteiger partial charge in [0.2, 0.25) is 0 Å². The minimum Gasteiger partial charge on any atom is -0.453 e. The number of ether oxygens (including phenoxy) is 1. The van der Waals surface area contributed by atoms with Gasteiger partial charge in [0.1, 0.15) is 0 Å². The number of para-hydroxylation sites is 8. The number of anilines is 3. The summed E-state index contributed by atoms with van der Waals surface area (Å²) in [6, 6.07) is 105. The van der Waals surface area contributed by atoms with Gasteiger partial charge >= 0.3 is 0 Å². The largest absolute Gasteiger partial charge is 0.453 e. The fourth-order valence-corrected chi connectivity index (χ4v) is 17.1. The van der Waals surface area contributed by atoms with Crippen LogP contribution in [-0.2, 0) is 0 Å². The first-order chi connectivity index (χ1) is 44.2. The van der Waals surface area contributed by atoms with Crippen LogP contribution in [0, 0.1) is 0 Å². The van der Waals surface area contributed by atoms with Crippen molar-refractivity contribution in [3.8, 4) is 34.2 Å². The Morgan fingerprint density at radius 3 is 1.00 bits per heavy atom. The highest BCUT2D eigenvalue weighted by Crippen LogP contribution is 2.59. The molecule has 0 atom stereocenters. The van der Waals surface area contributed by atoms with E-state index in [1.165, 1.54) is 114 Å². The van der Waals surface area contributed by atoms with Gasteiger partial charge in [0.15, 0.2) is 11.5 Å². The van der Waals surface area contributed by atoms with Crippen molar-refractivity contribution in [1.82, 2.24) is 18.3 Å². The molecule has 0 bridgehead atoms. The summed E-state index contributed by atoms with van der Waals surface area (Å²) in [7, 11) is 0. The summed E-state index contributed by atoms with van der Waals surface area (Å²) in [5, 5.41) is 19.7. The van der Waals surface area contributed by atoms with E-state index in [0.29, 0.717) is 0 Å². The topological polar surface area (TPSA) is 32.2 Å². The first-order valence-electron chi connectivity index (χ1n) is 30.9. The van der Waals surface area contributed by atoms with Gasteiger partial charge in [-0.2, -0.15) is 0 Å². The normalized spacial score (nSPS) is 13.2. The van der Waals surface area contributed by atoms with E-state index < -0.39 is 0 Å². The molecule has 0 N–H and O–H groups in total. The molecule has 6 nitrogen and oxygen atoms in total. The third-order valence-electron chi connectivity index (χ3n) is 20.4. The maximum atomic E-state index is 7.14. The molecule has 4 aromatic heterocycles. The van der Waals surface area contributed by atoms with E-state index in [2.05, 4.69) is 302 Å². The lowest BCUT2D eigenvalue weighted by molar-refractivity contribution is 0.477. The molecule has 0 aliphatic carbocycles. The molecule has 19 aromatic rings. The third kappa shape index (κ3) is 5.66. The molecule has 3 aliphatic heterocycles. The molecule has 0 saturated heterocycles. The second kappa shape index (κ2) is 16.6. The molecule has 7 heterocycles. The molecule has 408 valence electrons. The fourth-order valence-electron chi connectivity index (χ4n) is 17.1. The highest BCUT2D eigenvalue weighted by Gasteiger charge is 2.48. The van der Waals surface area contributed by atoms with Crippen molar-refractivity contribution in [2.24, 2.45) is 0 Å². The molecule has 0 fully saturated rings. The summed E-state index contributed by atoms with van der Waals surface area (Å²) in [6.45, 7) is -0.276. The van der Waals surface area contributed by atoms with E-state index >= 15 is 0 Å². The van der Waals surface area contributed by atoms with Crippen molar-refractivity contribution < 1.29 is 4.74 Å². The van der Waals surface area contributed by atoms with Crippen LogP contribution in [0.25, 0.3) is 153 Å². The highest BCUT2D eigenvalue weighted by molar-refractivity contribution is 7.01. The predicted molar refractivity (Wildman–Crippen MR) is 373 cm³/mol. The van der Waals surface area contributed by atoms with Crippen LogP contribution in [0.1, 0.15) is 0 Å². The van der Waals surface area contributed by atoms with Crippen molar-refractivity contribution in [3.63, 3.8) is 0 Å². The predicted octanol–water partition coefficient (Wildman–Crippen LogP) is 19.4. The number of nitrogens with zero attached hydrogens (tertiary/aromatic N) is 5. The molecule has 3 aliphatic rings. The highest BCUT2D eigenvalue weighted by atomic mass is 16.5. The van der Waals surface area contributed by atoms with Gasteiger partial charge in [0, 0.05) is 43.1 Å². The Kier molecular flexibility index (Phi) is 8.66. The van der Waals surface area contributed by atoms with Crippen LogP contribution in [0.3, 0.4) is 0 Å². The number of aromatic nitrogens is 4. The fraction of sp³-hybridized carbons (Fsp3) is 0. The van der Waals surface area contributed by atoms with Gasteiger partial charge in [-0.15, -0.1) is 0 Å². The van der Waals surface area contributed by atoms with Crippen molar-refractivity contribution >= 4 is 170 Å². The number of rotatable bonds is 3. The quantitative estimate of drug-likeness (QED) is 0.165. The monoisotopic (exact) mass is 1130 g/mol. The van der Waals surface area contributed by atoms with E-state index in [-0.39, 0.29) is 6.71 Å². The lowest BCUT2D eigenvalue weighted by atomic mass is 9.34. The summed E-state index contributed by atoms with van der Waals surface area (Å²) < 4.78 is 17.9. The molecular formula is C82H46BN5O. The minimum atomic E-state index is -0.276. The Morgan fingerprint density at radius 1 is 0.247 bits per heavy atom. The SMILES string of the molecule is c1ccc2c(c1)Oc1ccccc1N2c1c(-n2c3ccccc3c3ccccc32)c2c3c(c1-n1c4ccccc4c4ccccc41)-n1c4ccc5ccccc5c4c4c5ccccc5cc(c41)B3c1cc3ccccc3c3c4c5ccccc5ccc4n-2c13. The van der Waals surface area contributed by atoms with Gasteiger partial charge in [-0.05, 0) is 120 Å². The molecule has 0 unspecified atom stereocenters. The van der Waals surface area contributed by atoms with Gasteiger partial charge in [-0.1, -0.05) is 218 Å². The summed E-state index contributed by atoms with van der Waals surface area (Å²) in [5.74, 6) is 1.57. The number of fused-ring (bicyclic) bond motifs is 26. The lowest BCUT2D eigenvalue weighted by Crippen LogP contribution is -2.60. The Labute approximate surface area is 508 Å². The number of benzene rings is 15. The van der Waals surface area contributed by atoms with Crippen molar-refractivity contribution in [1.29, 1.82) is 0 Å². The van der Waals surface area contributed by atoms with Crippen molar-refractivity contribution in [3.05, 3.63) is 279 Å². The molecule has 89 heavy (non-hydrogen) atoms. The molecular weight excluding hydrogens is 1080 g/mol. The van der Waals surface area contributed by atoms with Crippen molar-refractivity contribution in [2.75, 3.05) is 4.90 Å². The zero-order chi connectivity index (χ0) is 57.5. The van der Waals surface area contributed by atoms with Gasteiger partial charge in [-0.25, -0.2) is 0 Å². The average molecular weight is 1130 g/mol. The standard InChI is InChI=1S/C82H46BN5O/c1-5-25-51-47(21-1)41-43-67-71(51)73-53-27-7-3-23-49(53)45-59-76(73)87(67)78-75-79(88-68-44-42-48-22-2-6-26-52(48)72(68)74-54-28-8-4-24-50(54)46-60(77(74)88)83(59)75)81(85-63-35-15-11-31-57(63)58-32-12-16-36-64(58)85)82(86-65-37-17-19-39-69(65)89-70-40-20-18-38-66(70)86)80(78)84-61-33-13-9-29-55(61)56-30-10-14-34-62(56)84/h1-46H. The second-order valence-corrected chi connectivity index (χ2v) is 24.6. The van der Waals surface area contributed by atoms with Gasteiger partial charge in [0.05, 0.1) is 83.9 Å². The Bertz CT molecular complexity index is 6000. The second-order valence-electron chi connectivity index (χ2n) is 24.6. The summed E-state index contributed by atoms with van der Waals surface area (Å²) in [6.07, 6.45) is 0. The van der Waals surface area contributed by atoms with Crippen LogP contribution in [0.4, 0.5) is 17.1 Å².